The Hall–Kier alpha value is 1.12. The largest absolute Gasteiger partial charge is 3.00 e. The van der Waals surface area contributed by atoms with E-state index in [4.69, 9.17) is 0 Å². The molecule has 1 rings (SSSR count). The molecule has 0 spiro atoms. The molecule has 0 bridgehead atoms. The Balaban J connectivity index is -0.000000480. The number of hydrogen-bond acceptors (Lipinski definition) is 1. The Morgan fingerprint density at radius 3 is 2.60 bits per heavy atom. The molecule has 0 unspecified atom stereocenters. The molecule has 0 saturated heterocycles. The smallest absolute Gasteiger partial charge is 1.00 e. The molecule has 0 fully saturated rings. The second kappa shape index (κ2) is 15.1. The normalized spacial score (nSPS) is 12.2. The summed E-state index contributed by atoms with van der Waals surface area (Å²) in [6.07, 6.45) is 12.6. The van der Waals surface area contributed by atoms with Crippen LogP contribution < -0.4 is 24.8 Å². The van der Waals surface area contributed by atoms with Gasteiger partial charge < -0.3 is 24.8 Å². The van der Waals surface area contributed by atoms with E-state index in [9.17, 15) is 0 Å². The number of rotatable bonds is 6. The van der Waals surface area contributed by atoms with Gasteiger partial charge in [-0.2, -0.15) is 17.8 Å². The maximum atomic E-state index is 3.34. The Morgan fingerprint density at radius 1 is 1.33 bits per heavy atom. The van der Waals surface area contributed by atoms with E-state index in [0.717, 1.165) is 6.42 Å². The van der Waals surface area contributed by atoms with Crippen LogP contribution in [0.5, 0.6) is 0 Å². The van der Waals surface area contributed by atoms with Crippen molar-refractivity contribution in [2.24, 2.45) is 0 Å². The van der Waals surface area contributed by atoms with Crippen LogP contribution in [0.2, 0.25) is 0 Å². The van der Waals surface area contributed by atoms with Crippen LogP contribution in [0.15, 0.2) is 17.7 Å². The molecule has 0 heterocycles. The van der Waals surface area contributed by atoms with Crippen molar-refractivity contribution in [2.45, 2.75) is 32.6 Å². The van der Waals surface area contributed by atoms with E-state index < -0.39 is 0 Å². The summed E-state index contributed by atoms with van der Waals surface area (Å²) in [5.74, 6) is 2.63. The molecule has 0 aromatic rings. The van der Waals surface area contributed by atoms with E-state index in [1.807, 2.05) is 0 Å². The van der Waals surface area contributed by atoms with Gasteiger partial charge in [-0.25, -0.2) is 11.6 Å². The monoisotopic (exact) mass is 299 g/mol. The molecule has 0 nitrogen and oxygen atoms in total. The second-order valence-electron chi connectivity index (χ2n) is 3.02. The average molecular weight is 300 g/mol. The van der Waals surface area contributed by atoms with E-state index in [-0.39, 0.29) is 46.5 Å². The zero-order valence-corrected chi connectivity index (χ0v) is 13.0. The predicted octanol–water partition coefficient (Wildman–Crippen LogP) is -2.40. The molecule has 85 valence electrons. The van der Waals surface area contributed by atoms with Gasteiger partial charge in [0.25, 0.3) is 0 Å². The van der Waals surface area contributed by atoms with Crippen LogP contribution in [0.1, 0.15) is 32.6 Å². The molecule has 1 aliphatic rings. The van der Waals surface area contributed by atoms with Gasteiger partial charge >= 0.3 is 21.7 Å². The Bertz CT molecular complexity index is 181. The van der Waals surface area contributed by atoms with Crippen LogP contribution >= 0.6 is 11.8 Å². The molecule has 4 heteroatoms. The van der Waals surface area contributed by atoms with Crippen LogP contribution in [0.3, 0.4) is 0 Å². The van der Waals surface area contributed by atoms with Gasteiger partial charge in [-0.3, -0.25) is 6.08 Å². The van der Waals surface area contributed by atoms with Crippen molar-refractivity contribution in [1.29, 1.82) is 0 Å². The van der Waals surface area contributed by atoms with E-state index in [0.29, 0.717) is 0 Å². The first-order chi connectivity index (χ1) is 5.93. The van der Waals surface area contributed by atoms with E-state index >= 15 is 0 Å². The zero-order valence-electron chi connectivity index (χ0n) is 9.06. The fourth-order valence-electron chi connectivity index (χ4n) is 1.23. The summed E-state index contributed by atoms with van der Waals surface area (Å²) < 4.78 is 0. The van der Waals surface area contributed by atoms with Gasteiger partial charge in [-0.05, 0) is 24.3 Å². The van der Waals surface area contributed by atoms with Crippen molar-refractivity contribution < 1.29 is 46.5 Å². The van der Waals surface area contributed by atoms with Crippen LogP contribution in [0.4, 0.5) is 0 Å². The topological polar surface area (TPSA) is 0 Å². The first kappa shape index (κ1) is 21.4. The van der Waals surface area contributed by atoms with Crippen molar-refractivity contribution in [3.63, 3.8) is 0 Å². The molecule has 0 atom stereocenters. The molecule has 15 heavy (non-hydrogen) atoms. The molecule has 0 aromatic carbocycles. The van der Waals surface area contributed by atoms with Gasteiger partial charge in [0.1, 0.15) is 0 Å². The standard InChI is InChI=1S/C11H17S.2ClH.Ti/c1-2-9-12-10-5-8-11-6-3-4-7-11;;;/h3,6H,2,4-5,8-10H2,1H3;2*1H;/q-1;;;+3/p-2. The van der Waals surface area contributed by atoms with Crippen molar-refractivity contribution >= 4 is 11.8 Å². The Morgan fingerprint density at radius 2 is 2.07 bits per heavy atom. The molecule has 0 aromatic heterocycles. The number of allylic oxidation sites excluding steroid dienone is 4. The van der Waals surface area contributed by atoms with Crippen molar-refractivity contribution in [1.82, 2.24) is 0 Å². The summed E-state index contributed by atoms with van der Waals surface area (Å²) in [5.41, 5.74) is 1.42. The van der Waals surface area contributed by atoms with Crippen LogP contribution in [-0.4, -0.2) is 11.5 Å². The minimum atomic E-state index is 0. The van der Waals surface area contributed by atoms with Gasteiger partial charge in [0.15, 0.2) is 0 Å². The molecule has 1 aliphatic carbocycles. The molecule has 1 radical (unpaired) electrons. The quantitative estimate of drug-likeness (QED) is 0.300. The minimum absolute atomic E-state index is 0. The Kier molecular flexibility index (Phi) is 21.6. The summed E-state index contributed by atoms with van der Waals surface area (Å²) in [5, 5.41) is 0. The fraction of sp³-hybridized carbons (Fsp3) is 0.636. The predicted molar refractivity (Wildman–Crippen MR) is 57.4 cm³/mol. The number of halogens is 2. The summed E-state index contributed by atoms with van der Waals surface area (Å²) in [6, 6.07) is 0. The van der Waals surface area contributed by atoms with Gasteiger partial charge in [-0.1, -0.05) is 13.3 Å². The van der Waals surface area contributed by atoms with Gasteiger partial charge in [-0.15, -0.1) is 6.42 Å². The second-order valence-corrected chi connectivity index (χ2v) is 4.25. The summed E-state index contributed by atoms with van der Waals surface area (Å²) in [6.45, 7) is 2.24. The Labute approximate surface area is 125 Å². The fourth-order valence-corrected chi connectivity index (χ4v) is 2.07. The summed E-state index contributed by atoms with van der Waals surface area (Å²) >= 11 is 2.07. The van der Waals surface area contributed by atoms with Gasteiger partial charge in [0.2, 0.25) is 0 Å². The van der Waals surface area contributed by atoms with Crippen molar-refractivity contribution in [3.8, 4) is 0 Å². The van der Waals surface area contributed by atoms with Crippen LogP contribution in [0.25, 0.3) is 0 Å². The van der Waals surface area contributed by atoms with Crippen LogP contribution in [-0.2, 0) is 21.7 Å². The minimum Gasteiger partial charge on any atom is -1.00 e. The van der Waals surface area contributed by atoms with Crippen molar-refractivity contribution in [2.75, 3.05) is 11.5 Å². The van der Waals surface area contributed by atoms with E-state index in [1.54, 1.807) is 0 Å². The van der Waals surface area contributed by atoms with Crippen LogP contribution in [0, 0.1) is 6.08 Å². The molecular weight excluding hydrogens is 283 g/mol. The van der Waals surface area contributed by atoms with E-state index in [2.05, 4.69) is 36.9 Å². The molecule has 0 saturated carbocycles. The first-order valence-corrected chi connectivity index (χ1v) is 5.93. The molecule has 0 aliphatic heterocycles. The summed E-state index contributed by atoms with van der Waals surface area (Å²) in [4.78, 5) is 0. The third kappa shape index (κ3) is 11.4. The maximum Gasteiger partial charge on any atom is 3.00 e. The average Bonchev–Trinajstić information content (AvgIpc) is 2.57. The maximum absolute atomic E-state index is 3.34. The number of hydrogen-bond donors (Lipinski definition) is 0. The molecule has 0 amide bonds. The third-order valence-electron chi connectivity index (χ3n) is 1.85. The molecular formula is C11H17Cl2STi. The first-order valence-electron chi connectivity index (χ1n) is 4.77. The van der Waals surface area contributed by atoms with Gasteiger partial charge in [0, 0.05) is 0 Å². The summed E-state index contributed by atoms with van der Waals surface area (Å²) in [7, 11) is 0. The number of thioether (sulfide) groups is 1. The SMILES string of the molecule is CCCSCCCC1=[C-]CC=C1.[Cl-].[Cl-].[Ti+3]. The zero-order chi connectivity index (χ0) is 8.65. The third-order valence-corrected chi connectivity index (χ3v) is 3.12. The molecule has 0 N–H and O–H groups in total. The van der Waals surface area contributed by atoms with Crippen molar-refractivity contribution in [3.05, 3.63) is 23.8 Å². The van der Waals surface area contributed by atoms with Gasteiger partial charge in [0.05, 0.1) is 0 Å². The van der Waals surface area contributed by atoms with E-state index in [1.165, 1.54) is 36.3 Å².